The molecule has 3 atom stereocenters. The zero-order valence-electron chi connectivity index (χ0n) is 13.6. The summed E-state index contributed by atoms with van der Waals surface area (Å²) in [6.45, 7) is 5.90. The molecule has 0 spiro atoms. The lowest BCUT2D eigenvalue weighted by molar-refractivity contribution is -0.142. The summed E-state index contributed by atoms with van der Waals surface area (Å²) in [5.41, 5.74) is 0. The van der Waals surface area contributed by atoms with Crippen molar-refractivity contribution >= 4 is 12.0 Å². The Morgan fingerprint density at radius 3 is 2.52 bits per heavy atom. The molecule has 0 aliphatic heterocycles. The van der Waals surface area contributed by atoms with Gasteiger partial charge in [-0.25, -0.2) is 4.79 Å². The molecule has 0 radical (unpaired) electrons. The van der Waals surface area contributed by atoms with Gasteiger partial charge in [0.05, 0.1) is 5.92 Å². The molecule has 0 bridgehead atoms. The van der Waals surface area contributed by atoms with Crippen LogP contribution in [0.1, 0.15) is 33.1 Å². The van der Waals surface area contributed by atoms with Crippen LogP contribution in [-0.4, -0.2) is 66.7 Å². The molecule has 1 fully saturated rings. The third-order valence-electron chi connectivity index (χ3n) is 4.25. The predicted octanol–water partition coefficient (Wildman–Crippen LogP) is 1.47. The van der Waals surface area contributed by atoms with Crippen molar-refractivity contribution in [3.63, 3.8) is 0 Å². The molecule has 0 aromatic rings. The number of urea groups is 1. The van der Waals surface area contributed by atoms with Crippen LogP contribution in [0.15, 0.2) is 0 Å². The number of nitrogens with zero attached hydrogens (tertiary/aromatic N) is 2. The summed E-state index contributed by atoms with van der Waals surface area (Å²) in [5.74, 6) is -0.978. The van der Waals surface area contributed by atoms with Crippen LogP contribution in [0, 0.1) is 11.8 Å². The number of carboxylic acids is 1. The van der Waals surface area contributed by atoms with Gasteiger partial charge in [0.1, 0.15) is 0 Å². The van der Waals surface area contributed by atoms with Gasteiger partial charge in [-0.1, -0.05) is 6.42 Å². The fraction of sp³-hybridized carbons (Fsp3) is 0.867. The molecule has 0 saturated heterocycles. The highest BCUT2D eigenvalue weighted by Crippen LogP contribution is 2.31. The van der Waals surface area contributed by atoms with E-state index in [-0.39, 0.29) is 23.9 Å². The molecule has 122 valence electrons. The summed E-state index contributed by atoms with van der Waals surface area (Å²) in [4.78, 5) is 27.3. The lowest BCUT2D eigenvalue weighted by Gasteiger charge is -2.30. The van der Waals surface area contributed by atoms with Gasteiger partial charge in [0.25, 0.3) is 0 Å². The second-order valence-electron chi connectivity index (χ2n) is 6.22. The Hall–Kier alpha value is -1.30. The van der Waals surface area contributed by atoms with E-state index >= 15 is 0 Å². The van der Waals surface area contributed by atoms with Gasteiger partial charge in [-0.15, -0.1) is 0 Å². The second-order valence-corrected chi connectivity index (χ2v) is 6.22. The summed E-state index contributed by atoms with van der Waals surface area (Å²) in [7, 11) is 3.97. The number of carbonyl (C=O) groups is 2. The zero-order chi connectivity index (χ0) is 16.0. The maximum atomic E-state index is 12.3. The van der Waals surface area contributed by atoms with Crippen molar-refractivity contribution < 1.29 is 14.7 Å². The van der Waals surface area contributed by atoms with Gasteiger partial charge < -0.3 is 20.2 Å². The van der Waals surface area contributed by atoms with Crippen LogP contribution in [0.4, 0.5) is 4.79 Å². The van der Waals surface area contributed by atoms with Crippen molar-refractivity contribution in [2.45, 2.75) is 39.2 Å². The van der Waals surface area contributed by atoms with Crippen molar-refractivity contribution in [1.29, 1.82) is 0 Å². The van der Waals surface area contributed by atoms with Crippen molar-refractivity contribution in [3.8, 4) is 0 Å². The number of rotatable bonds is 7. The van der Waals surface area contributed by atoms with Crippen LogP contribution in [0.3, 0.4) is 0 Å². The summed E-state index contributed by atoms with van der Waals surface area (Å²) in [6, 6.07) is 0.0340. The monoisotopic (exact) mass is 299 g/mol. The molecule has 0 aromatic carbocycles. The van der Waals surface area contributed by atoms with Crippen molar-refractivity contribution in [2.24, 2.45) is 11.8 Å². The zero-order valence-corrected chi connectivity index (χ0v) is 13.6. The standard InChI is InChI=1S/C15H29N3O3/c1-5-18(11(2)10-17(3)4)15(21)16-9-12-7-6-8-13(12)14(19)20/h11-13H,5-10H2,1-4H3,(H,16,21)(H,19,20). The highest BCUT2D eigenvalue weighted by atomic mass is 16.4. The molecule has 0 heterocycles. The van der Waals surface area contributed by atoms with Crippen molar-refractivity contribution in [3.05, 3.63) is 0 Å². The lowest BCUT2D eigenvalue weighted by Crippen LogP contribution is -2.49. The minimum absolute atomic E-state index is 0.0642. The van der Waals surface area contributed by atoms with E-state index in [0.717, 1.165) is 25.8 Å². The number of aliphatic carboxylic acids is 1. The Morgan fingerprint density at radius 2 is 2.00 bits per heavy atom. The van der Waals surface area contributed by atoms with Gasteiger partial charge >= 0.3 is 12.0 Å². The number of carboxylic acid groups (broad SMARTS) is 1. The summed E-state index contributed by atoms with van der Waals surface area (Å²) >= 11 is 0. The highest BCUT2D eigenvalue weighted by Gasteiger charge is 2.33. The molecule has 1 aliphatic carbocycles. The summed E-state index contributed by atoms with van der Waals surface area (Å²) in [6.07, 6.45) is 2.55. The van der Waals surface area contributed by atoms with Crippen LogP contribution in [0.25, 0.3) is 0 Å². The van der Waals surface area contributed by atoms with Crippen LogP contribution < -0.4 is 5.32 Å². The Kier molecular flexibility index (Phi) is 6.95. The fourth-order valence-corrected chi connectivity index (χ4v) is 3.21. The molecular weight excluding hydrogens is 270 g/mol. The van der Waals surface area contributed by atoms with Crippen LogP contribution in [-0.2, 0) is 4.79 Å². The first-order valence-corrected chi connectivity index (χ1v) is 7.78. The van der Waals surface area contributed by atoms with E-state index < -0.39 is 5.97 Å². The van der Waals surface area contributed by atoms with Crippen molar-refractivity contribution in [1.82, 2.24) is 15.1 Å². The number of carbonyl (C=O) groups excluding carboxylic acids is 1. The fourth-order valence-electron chi connectivity index (χ4n) is 3.21. The van der Waals surface area contributed by atoms with E-state index in [1.807, 2.05) is 27.9 Å². The van der Waals surface area contributed by atoms with Gasteiger partial charge in [0, 0.05) is 25.7 Å². The Morgan fingerprint density at radius 1 is 1.33 bits per heavy atom. The molecule has 2 amide bonds. The SMILES string of the molecule is CCN(C(=O)NCC1CCCC1C(=O)O)C(C)CN(C)C. The normalized spacial score (nSPS) is 23.1. The van der Waals surface area contributed by atoms with Gasteiger partial charge in [-0.2, -0.15) is 0 Å². The van der Waals surface area contributed by atoms with Crippen LogP contribution >= 0.6 is 0 Å². The number of nitrogens with one attached hydrogen (secondary N) is 1. The molecule has 21 heavy (non-hydrogen) atoms. The quantitative estimate of drug-likeness (QED) is 0.746. The first-order valence-electron chi connectivity index (χ1n) is 7.78. The van der Waals surface area contributed by atoms with E-state index in [1.54, 1.807) is 4.90 Å². The molecule has 1 aliphatic rings. The van der Waals surface area contributed by atoms with E-state index in [0.29, 0.717) is 13.1 Å². The molecular formula is C15H29N3O3. The predicted molar refractivity (Wildman–Crippen MR) is 82.3 cm³/mol. The van der Waals surface area contributed by atoms with E-state index in [4.69, 9.17) is 5.11 Å². The van der Waals surface area contributed by atoms with E-state index in [9.17, 15) is 9.59 Å². The minimum atomic E-state index is -0.736. The summed E-state index contributed by atoms with van der Waals surface area (Å²) in [5, 5.41) is 12.1. The molecule has 3 unspecified atom stereocenters. The van der Waals surface area contributed by atoms with Crippen LogP contribution in [0.2, 0.25) is 0 Å². The molecule has 0 aromatic heterocycles. The third kappa shape index (κ3) is 5.19. The van der Waals surface area contributed by atoms with E-state index in [2.05, 4.69) is 10.2 Å². The van der Waals surface area contributed by atoms with Gasteiger partial charge in [-0.3, -0.25) is 4.79 Å². The largest absolute Gasteiger partial charge is 0.481 e. The number of likely N-dealkylation sites (N-methyl/N-ethyl adjacent to an activating group) is 2. The maximum Gasteiger partial charge on any atom is 0.317 e. The average molecular weight is 299 g/mol. The van der Waals surface area contributed by atoms with Crippen LogP contribution in [0.5, 0.6) is 0 Å². The first kappa shape index (κ1) is 17.8. The van der Waals surface area contributed by atoms with Gasteiger partial charge in [-0.05, 0) is 46.7 Å². The maximum absolute atomic E-state index is 12.3. The average Bonchev–Trinajstić information content (AvgIpc) is 2.84. The Bertz CT molecular complexity index is 360. The number of hydrogen-bond acceptors (Lipinski definition) is 3. The summed E-state index contributed by atoms with van der Waals surface area (Å²) < 4.78 is 0. The smallest absolute Gasteiger partial charge is 0.317 e. The number of hydrogen-bond donors (Lipinski definition) is 2. The lowest BCUT2D eigenvalue weighted by atomic mass is 9.96. The van der Waals surface area contributed by atoms with E-state index in [1.165, 1.54) is 0 Å². The molecule has 6 heteroatoms. The second kappa shape index (κ2) is 8.22. The van der Waals surface area contributed by atoms with Gasteiger partial charge in [0.2, 0.25) is 0 Å². The molecule has 1 saturated carbocycles. The molecule has 2 N–H and O–H groups in total. The third-order valence-corrected chi connectivity index (χ3v) is 4.25. The van der Waals surface area contributed by atoms with Crippen molar-refractivity contribution in [2.75, 3.05) is 33.7 Å². The number of amides is 2. The highest BCUT2D eigenvalue weighted by molar-refractivity contribution is 5.75. The Labute approximate surface area is 127 Å². The molecule has 6 nitrogen and oxygen atoms in total. The topological polar surface area (TPSA) is 72.9 Å². The first-order chi connectivity index (χ1) is 9.86. The molecule has 1 rings (SSSR count). The Balaban J connectivity index is 2.49. The minimum Gasteiger partial charge on any atom is -0.481 e. The van der Waals surface area contributed by atoms with Gasteiger partial charge in [0.15, 0.2) is 0 Å².